The van der Waals surface area contributed by atoms with Gasteiger partial charge in [-0.15, -0.1) is 0 Å². The first kappa shape index (κ1) is 12.1. The highest BCUT2D eigenvalue weighted by molar-refractivity contribution is 6.05. The van der Waals surface area contributed by atoms with E-state index in [1.54, 1.807) is 48.4 Å². The molecule has 0 radical (unpaired) electrons. The number of carbonyl (C=O) groups is 1. The van der Waals surface area contributed by atoms with E-state index in [1.165, 1.54) is 6.20 Å². The molecule has 3 heterocycles. The molecule has 3 aromatic heterocycles. The van der Waals surface area contributed by atoms with Gasteiger partial charge in [0, 0.05) is 24.3 Å². The lowest BCUT2D eigenvalue weighted by Gasteiger charge is -2.09. The van der Waals surface area contributed by atoms with E-state index in [4.69, 9.17) is 0 Å². The molecule has 0 aromatic carbocycles. The van der Waals surface area contributed by atoms with Gasteiger partial charge in [0.05, 0.1) is 17.4 Å². The molecule has 0 atom stereocenters. The topological polar surface area (TPSA) is 88.5 Å². The number of pyridine rings is 1. The second kappa shape index (κ2) is 4.96. The summed E-state index contributed by atoms with van der Waals surface area (Å²) in [6, 6.07) is 5.32. The van der Waals surface area contributed by atoms with Crippen LogP contribution in [0, 0.1) is 6.92 Å². The summed E-state index contributed by atoms with van der Waals surface area (Å²) in [5.41, 5.74) is 1.80. The van der Waals surface area contributed by atoms with Gasteiger partial charge in [0.25, 0.3) is 5.91 Å². The average Bonchev–Trinajstić information content (AvgIpc) is 3.10. The molecule has 100 valence electrons. The van der Waals surface area contributed by atoms with Crippen LogP contribution in [0.5, 0.6) is 0 Å². The van der Waals surface area contributed by atoms with Crippen LogP contribution in [0.4, 0.5) is 5.69 Å². The maximum absolute atomic E-state index is 12.2. The van der Waals surface area contributed by atoms with E-state index < -0.39 is 0 Å². The van der Waals surface area contributed by atoms with E-state index in [2.05, 4.69) is 25.6 Å². The molecule has 3 aromatic rings. The van der Waals surface area contributed by atoms with Crippen LogP contribution in [0.15, 0.2) is 43.0 Å². The monoisotopic (exact) mass is 268 g/mol. The van der Waals surface area contributed by atoms with Gasteiger partial charge in [0.1, 0.15) is 0 Å². The van der Waals surface area contributed by atoms with Crippen LogP contribution in [0.2, 0.25) is 0 Å². The lowest BCUT2D eigenvalue weighted by Crippen LogP contribution is -2.15. The number of aryl methyl sites for hydroxylation is 1. The minimum atomic E-state index is -0.238. The molecule has 0 bridgehead atoms. The zero-order chi connectivity index (χ0) is 13.9. The van der Waals surface area contributed by atoms with E-state index in [-0.39, 0.29) is 5.91 Å². The number of anilines is 1. The van der Waals surface area contributed by atoms with Gasteiger partial charge in [-0.1, -0.05) is 0 Å². The molecule has 1 amide bonds. The maximum atomic E-state index is 12.2. The average molecular weight is 268 g/mol. The van der Waals surface area contributed by atoms with E-state index in [1.807, 2.05) is 0 Å². The van der Waals surface area contributed by atoms with Crippen LogP contribution >= 0.6 is 0 Å². The summed E-state index contributed by atoms with van der Waals surface area (Å²) in [4.78, 5) is 16.4. The van der Waals surface area contributed by atoms with Crippen LogP contribution in [-0.2, 0) is 0 Å². The molecule has 0 spiro atoms. The summed E-state index contributed by atoms with van der Waals surface area (Å²) in [7, 11) is 0. The Hall–Kier alpha value is -2.96. The van der Waals surface area contributed by atoms with Gasteiger partial charge in [0.2, 0.25) is 0 Å². The standard InChI is InChI=1S/C13H12N6O/c1-9-10(8-15-18-9)13(20)17-11-4-2-5-14-12(11)19-7-3-6-16-19/h2-8H,1H3,(H,15,18)(H,17,20). The van der Waals surface area contributed by atoms with Gasteiger partial charge in [-0.3, -0.25) is 9.89 Å². The van der Waals surface area contributed by atoms with Gasteiger partial charge in [0.15, 0.2) is 5.82 Å². The van der Waals surface area contributed by atoms with Crippen molar-refractivity contribution < 1.29 is 4.79 Å². The molecule has 0 saturated heterocycles. The minimum Gasteiger partial charge on any atom is -0.319 e. The summed E-state index contributed by atoms with van der Waals surface area (Å²) < 4.78 is 1.60. The molecule has 0 aliphatic rings. The fraction of sp³-hybridized carbons (Fsp3) is 0.0769. The Labute approximate surface area is 114 Å². The third-order valence-electron chi connectivity index (χ3n) is 2.83. The number of nitrogens with one attached hydrogen (secondary N) is 2. The molecule has 0 fully saturated rings. The van der Waals surface area contributed by atoms with Crippen molar-refractivity contribution in [3.8, 4) is 5.82 Å². The van der Waals surface area contributed by atoms with Gasteiger partial charge >= 0.3 is 0 Å². The van der Waals surface area contributed by atoms with Crippen molar-refractivity contribution in [2.45, 2.75) is 6.92 Å². The molecule has 0 aliphatic carbocycles. The Morgan fingerprint density at radius 2 is 2.25 bits per heavy atom. The number of H-pyrrole nitrogens is 1. The molecule has 2 N–H and O–H groups in total. The predicted molar refractivity (Wildman–Crippen MR) is 72.6 cm³/mol. The van der Waals surface area contributed by atoms with Crippen LogP contribution in [0.3, 0.4) is 0 Å². The lowest BCUT2D eigenvalue weighted by molar-refractivity contribution is 0.102. The van der Waals surface area contributed by atoms with Gasteiger partial charge in [-0.25, -0.2) is 9.67 Å². The molecule has 20 heavy (non-hydrogen) atoms. The Balaban J connectivity index is 1.92. The Morgan fingerprint density at radius 1 is 1.35 bits per heavy atom. The molecule has 7 heteroatoms. The van der Waals surface area contributed by atoms with Crippen molar-refractivity contribution in [1.29, 1.82) is 0 Å². The third kappa shape index (κ3) is 2.16. The van der Waals surface area contributed by atoms with E-state index in [0.29, 0.717) is 22.8 Å². The first-order chi connectivity index (χ1) is 9.75. The number of hydrogen-bond acceptors (Lipinski definition) is 4. The summed E-state index contributed by atoms with van der Waals surface area (Å²) in [5.74, 6) is 0.324. The van der Waals surface area contributed by atoms with Crippen molar-refractivity contribution in [1.82, 2.24) is 25.0 Å². The highest BCUT2D eigenvalue weighted by Gasteiger charge is 2.14. The lowest BCUT2D eigenvalue weighted by atomic mass is 10.2. The summed E-state index contributed by atoms with van der Waals surface area (Å²) >= 11 is 0. The largest absolute Gasteiger partial charge is 0.319 e. The SMILES string of the molecule is Cc1[nH]ncc1C(=O)Nc1cccnc1-n1cccn1. The predicted octanol–water partition coefficient (Wildman–Crippen LogP) is 1.55. The van der Waals surface area contributed by atoms with Crippen molar-refractivity contribution >= 4 is 11.6 Å². The third-order valence-corrected chi connectivity index (χ3v) is 2.83. The number of hydrogen-bond donors (Lipinski definition) is 2. The molecule has 0 saturated carbocycles. The van der Waals surface area contributed by atoms with Crippen molar-refractivity contribution in [3.63, 3.8) is 0 Å². The Kier molecular flexibility index (Phi) is 3.00. The first-order valence-corrected chi connectivity index (χ1v) is 6.02. The smallest absolute Gasteiger partial charge is 0.259 e. The molecular formula is C13H12N6O. The van der Waals surface area contributed by atoms with E-state index >= 15 is 0 Å². The van der Waals surface area contributed by atoms with Gasteiger partial charge in [-0.2, -0.15) is 10.2 Å². The first-order valence-electron chi connectivity index (χ1n) is 6.02. The zero-order valence-electron chi connectivity index (χ0n) is 10.7. The van der Waals surface area contributed by atoms with E-state index in [0.717, 1.165) is 0 Å². The fourth-order valence-corrected chi connectivity index (χ4v) is 1.84. The van der Waals surface area contributed by atoms with E-state index in [9.17, 15) is 4.79 Å². The fourth-order valence-electron chi connectivity index (χ4n) is 1.84. The van der Waals surface area contributed by atoms with Crippen molar-refractivity contribution in [2.75, 3.05) is 5.32 Å². The number of carbonyl (C=O) groups excluding carboxylic acids is 1. The number of aromatic amines is 1. The highest BCUT2D eigenvalue weighted by Crippen LogP contribution is 2.17. The number of nitrogens with zero attached hydrogens (tertiary/aromatic N) is 4. The highest BCUT2D eigenvalue weighted by atomic mass is 16.1. The molecule has 0 unspecified atom stereocenters. The van der Waals surface area contributed by atoms with Crippen LogP contribution < -0.4 is 5.32 Å². The molecule has 7 nitrogen and oxygen atoms in total. The molecule has 0 aliphatic heterocycles. The quantitative estimate of drug-likeness (QED) is 0.754. The minimum absolute atomic E-state index is 0.238. The van der Waals surface area contributed by atoms with Crippen molar-refractivity contribution in [3.05, 3.63) is 54.2 Å². The molecular weight excluding hydrogens is 256 g/mol. The summed E-state index contributed by atoms with van der Waals surface area (Å²) in [6.07, 6.45) is 6.56. The maximum Gasteiger partial charge on any atom is 0.259 e. The normalized spacial score (nSPS) is 10.4. The van der Waals surface area contributed by atoms with Crippen LogP contribution in [-0.4, -0.2) is 30.9 Å². The second-order valence-corrected chi connectivity index (χ2v) is 4.19. The number of amides is 1. The van der Waals surface area contributed by atoms with Crippen LogP contribution in [0.1, 0.15) is 16.1 Å². The Morgan fingerprint density at radius 3 is 2.95 bits per heavy atom. The summed E-state index contributed by atoms with van der Waals surface area (Å²) in [5, 5.41) is 13.5. The van der Waals surface area contributed by atoms with Crippen molar-refractivity contribution in [2.24, 2.45) is 0 Å². The van der Waals surface area contributed by atoms with Gasteiger partial charge in [-0.05, 0) is 25.1 Å². The van der Waals surface area contributed by atoms with Gasteiger partial charge < -0.3 is 5.32 Å². The number of aromatic nitrogens is 5. The Bertz CT molecular complexity index is 731. The number of rotatable bonds is 3. The van der Waals surface area contributed by atoms with Crippen LogP contribution in [0.25, 0.3) is 5.82 Å². The zero-order valence-corrected chi connectivity index (χ0v) is 10.7. The second-order valence-electron chi connectivity index (χ2n) is 4.19. The molecule has 3 rings (SSSR count). The summed E-state index contributed by atoms with van der Waals surface area (Å²) in [6.45, 7) is 1.79.